The second-order valence-corrected chi connectivity index (χ2v) is 6.17. The summed E-state index contributed by atoms with van der Waals surface area (Å²) in [5.74, 6) is 0.808. The lowest BCUT2D eigenvalue weighted by Gasteiger charge is -2.30. The van der Waals surface area contributed by atoms with Crippen LogP contribution in [0.1, 0.15) is 30.1 Å². The normalized spacial score (nSPS) is 19.9. The van der Waals surface area contributed by atoms with E-state index in [1.807, 2.05) is 42.5 Å². The first-order valence-corrected chi connectivity index (χ1v) is 8.58. The van der Waals surface area contributed by atoms with Gasteiger partial charge in [0.2, 0.25) is 0 Å². The number of urea groups is 1. The maximum absolute atomic E-state index is 12.2. The molecule has 1 aliphatic rings. The van der Waals surface area contributed by atoms with Crippen molar-refractivity contribution in [3.8, 4) is 5.75 Å². The van der Waals surface area contributed by atoms with E-state index in [0.717, 1.165) is 29.7 Å². The van der Waals surface area contributed by atoms with Crippen LogP contribution in [0.25, 0.3) is 0 Å². The number of methoxy groups -OCH3 is 1. The number of carbonyl (C=O) groups excluding carboxylic acids is 1. The van der Waals surface area contributed by atoms with Gasteiger partial charge in [-0.05, 0) is 36.1 Å². The van der Waals surface area contributed by atoms with Gasteiger partial charge in [0.05, 0.1) is 13.2 Å². The third-order valence-electron chi connectivity index (χ3n) is 4.40. The van der Waals surface area contributed by atoms with Gasteiger partial charge >= 0.3 is 6.03 Å². The predicted molar refractivity (Wildman–Crippen MR) is 96.5 cm³/mol. The van der Waals surface area contributed by atoms with Crippen LogP contribution >= 0.6 is 0 Å². The highest BCUT2D eigenvalue weighted by atomic mass is 16.5. The smallest absolute Gasteiger partial charge is 0.315 e. The Balaban J connectivity index is 1.47. The van der Waals surface area contributed by atoms with Gasteiger partial charge in [-0.3, -0.25) is 0 Å². The highest BCUT2D eigenvalue weighted by molar-refractivity contribution is 5.74. The lowest BCUT2D eigenvalue weighted by atomic mass is 9.97. The van der Waals surface area contributed by atoms with Crippen molar-refractivity contribution in [2.75, 3.05) is 13.7 Å². The van der Waals surface area contributed by atoms with E-state index in [9.17, 15) is 4.79 Å². The van der Waals surface area contributed by atoms with E-state index in [0.29, 0.717) is 13.2 Å². The molecular formula is C20H24N2O3. The molecule has 2 N–H and O–H groups in total. The molecule has 0 saturated carbocycles. The van der Waals surface area contributed by atoms with Crippen molar-refractivity contribution in [2.24, 2.45) is 0 Å². The summed E-state index contributed by atoms with van der Waals surface area (Å²) in [6.07, 6.45) is 1.67. The Hall–Kier alpha value is -2.53. The molecule has 1 saturated heterocycles. The van der Waals surface area contributed by atoms with Gasteiger partial charge in [-0.15, -0.1) is 0 Å². The topological polar surface area (TPSA) is 59.6 Å². The molecule has 2 aromatic carbocycles. The number of hydrogen-bond donors (Lipinski definition) is 2. The Morgan fingerprint density at radius 2 is 1.92 bits per heavy atom. The summed E-state index contributed by atoms with van der Waals surface area (Å²) in [6.45, 7) is 1.14. The molecular weight excluding hydrogens is 316 g/mol. The molecule has 2 aromatic rings. The summed E-state index contributed by atoms with van der Waals surface area (Å²) in [7, 11) is 1.64. The van der Waals surface area contributed by atoms with E-state index in [2.05, 4.69) is 22.8 Å². The van der Waals surface area contributed by atoms with Gasteiger partial charge in [0.25, 0.3) is 0 Å². The number of carbonyl (C=O) groups is 1. The summed E-state index contributed by atoms with van der Waals surface area (Å²) in [5.41, 5.74) is 2.19. The van der Waals surface area contributed by atoms with Crippen LogP contribution in [-0.2, 0) is 11.3 Å². The number of benzene rings is 2. The molecule has 1 fully saturated rings. The second-order valence-electron chi connectivity index (χ2n) is 6.17. The molecule has 0 radical (unpaired) electrons. The van der Waals surface area contributed by atoms with E-state index in [1.165, 1.54) is 0 Å². The molecule has 1 heterocycles. The number of rotatable bonds is 5. The monoisotopic (exact) mass is 340 g/mol. The van der Waals surface area contributed by atoms with Gasteiger partial charge in [-0.2, -0.15) is 0 Å². The fraction of sp³-hybridized carbons (Fsp3) is 0.350. The summed E-state index contributed by atoms with van der Waals surface area (Å²) < 4.78 is 11.0. The predicted octanol–water partition coefficient (Wildman–Crippen LogP) is 3.41. The molecule has 132 valence electrons. The third kappa shape index (κ3) is 4.97. The van der Waals surface area contributed by atoms with E-state index >= 15 is 0 Å². The van der Waals surface area contributed by atoms with Gasteiger partial charge < -0.3 is 20.1 Å². The van der Waals surface area contributed by atoms with Crippen LogP contribution in [0.3, 0.4) is 0 Å². The van der Waals surface area contributed by atoms with Crippen LogP contribution in [0.15, 0.2) is 54.6 Å². The number of ether oxygens (including phenoxy) is 2. The van der Waals surface area contributed by atoms with Gasteiger partial charge in [0.15, 0.2) is 0 Å². The van der Waals surface area contributed by atoms with E-state index in [-0.39, 0.29) is 18.2 Å². The van der Waals surface area contributed by atoms with Gasteiger partial charge in [-0.25, -0.2) is 4.79 Å². The minimum atomic E-state index is -0.144. The zero-order valence-electron chi connectivity index (χ0n) is 14.4. The first-order chi connectivity index (χ1) is 12.2. The van der Waals surface area contributed by atoms with Crippen molar-refractivity contribution >= 4 is 6.03 Å². The van der Waals surface area contributed by atoms with E-state index in [4.69, 9.17) is 9.47 Å². The van der Waals surface area contributed by atoms with Crippen LogP contribution in [0, 0.1) is 0 Å². The lowest BCUT2D eigenvalue weighted by Crippen LogP contribution is -2.44. The summed E-state index contributed by atoms with van der Waals surface area (Å²) >= 11 is 0. The molecule has 0 aromatic heterocycles. The van der Waals surface area contributed by atoms with Crippen molar-refractivity contribution < 1.29 is 14.3 Å². The first kappa shape index (κ1) is 17.3. The van der Waals surface area contributed by atoms with Crippen LogP contribution in [-0.4, -0.2) is 25.8 Å². The fourth-order valence-electron chi connectivity index (χ4n) is 2.99. The van der Waals surface area contributed by atoms with Crippen molar-refractivity contribution in [1.29, 1.82) is 0 Å². The summed E-state index contributed by atoms with van der Waals surface area (Å²) in [4.78, 5) is 12.2. The molecule has 1 aliphatic heterocycles. The number of amides is 2. The Labute approximate surface area is 148 Å². The van der Waals surface area contributed by atoms with E-state index < -0.39 is 0 Å². The van der Waals surface area contributed by atoms with Crippen LogP contribution < -0.4 is 15.4 Å². The van der Waals surface area contributed by atoms with E-state index in [1.54, 1.807) is 7.11 Å². The molecule has 5 nitrogen and oxygen atoms in total. The zero-order chi connectivity index (χ0) is 17.5. The van der Waals surface area contributed by atoms with Gasteiger partial charge in [0, 0.05) is 19.2 Å². The van der Waals surface area contributed by atoms with Crippen LogP contribution in [0.2, 0.25) is 0 Å². The minimum absolute atomic E-state index is 0.0434. The zero-order valence-corrected chi connectivity index (χ0v) is 14.4. The Bertz CT molecular complexity index is 673. The van der Waals surface area contributed by atoms with Crippen LogP contribution in [0.4, 0.5) is 4.79 Å². The minimum Gasteiger partial charge on any atom is -0.497 e. The van der Waals surface area contributed by atoms with Crippen molar-refractivity contribution in [1.82, 2.24) is 10.6 Å². The standard InChI is InChI=1S/C20H24N2O3/c1-24-18-9-7-15(8-10-18)14-21-20(23)22-17-11-12-25-19(13-17)16-5-3-2-4-6-16/h2-10,17,19H,11-14H2,1H3,(H2,21,22,23)/t17-,19+/m1/s1. The molecule has 0 unspecified atom stereocenters. The van der Waals surface area contributed by atoms with Gasteiger partial charge in [-0.1, -0.05) is 42.5 Å². The van der Waals surface area contributed by atoms with Crippen molar-refractivity contribution in [3.63, 3.8) is 0 Å². The maximum Gasteiger partial charge on any atom is 0.315 e. The SMILES string of the molecule is COc1ccc(CNC(=O)N[C@@H]2CCO[C@H](c3ccccc3)C2)cc1. The fourth-order valence-corrected chi connectivity index (χ4v) is 2.99. The Kier molecular flexibility index (Phi) is 5.90. The van der Waals surface area contributed by atoms with Crippen LogP contribution in [0.5, 0.6) is 5.75 Å². The van der Waals surface area contributed by atoms with Crippen molar-refractivity contribution in [3.05, 3.63) is 65.7 Å². The Morgan fingerprint density at radius 1 is 1.16 bits per heavy atom. The quantitative estimate of drug-likeness (QED) is 0.877. The second kappa shape index (κ2) is 8.53. The largest absolute Gasteiger partial charge is 0.497 e. The summed E-state index contributed by atoms with van der Waals surface area (Å²) in [5, 5.41) is 5.96. The molecule has 5 heteroatoms. The van der Waals surface area contributed by atoms with Gasteiger partial charge in [0.1, 0.15) is 5.75 Å². The highest BCUT2D eigenvalue weighted by Gasteiger charge is 2.24. The molecule has 3 rings (SSSR count). The highest BCUT2D eigenvalue weighted by Crippen LogP contribution is 2.27. The average molecular weight is 340 g/mol. The third-order valence-corrected chi connectivity index (χ3v) is 4.40. The summed E-state index contributed by atoms with van der Waals surface area (Å²) in [6, 6.07) is 17.8. The maximum atomic E-state index is 12.2. The molecule has 0 aliphatic carbocycles. The number of hydrogen-bond acceptors (Lipinski definition) is 3. The molecule has 0 bridgehead atoms. The first-order valence-electron chi connectivity index (χ1n) is 8.58. The Morgan fingerprint density at radius 3 is 2.64 bits per heavy atom. The number of nitrogens with one attached hydrogen (secondary N) is 2. The molecule has 2 atom stereocenters. The average Bonchev–Trinajstić information content (AvgIpc) is 2.68. The molecule has 2 amide bonds. The van der Waals surface area contributed by atoms with Crippen molar-refractivity contribution in [2.45, 2.75) is 31.5 Å². The lowest BCUT2D eigenvalue weighted by molar-refractivity contribution is 0.00225. The molecule has 0 spiro atoms. The molecule has 25 heavy (non-hydrogen) atoms.